The van der Waals surface area contributed by atoms with Crippen LogP contribution >= 0.6 is 0 Å². The largest absolute Gasteiger partial charge is 0.300 e. The van der Waals surface area contributed by atoms with Crippen LogP contribution in [0.1, 0.15) is 58.8 Å². The summed E-state index contributed by atoms with van der Waals surface area (Å²) in [6, 6.07) is 0. The molecule has 4 heteroatoms. The molecule has 4 nitrogen and oxygen atoms in total. The summed E-state index contributed by atoms with van der Waals surface area (Å²) >= 11 is 0. The molecule has 128 valence electrons. The summed E-state index contributed by atoms with van der Waals surface area (Å²) in [5.41, 5.74) is 1.86. The summed E-state index contributed by atoms with van der Waals surface area (Å²) in [5, 5.41) is 8.28. The zero-order valence-electron chi connectivity index (χ0n) is 14.7. The lowest BCUT2D eigenvalue weighted by atomic mass is 9.48. The molecule has 1 aromatic rings. The van der Waals surface area contributed by atoms with Gasteiger partial charge in [0.15, 0.2) is 0 Å². The Labute approximate surface area is 143 Å². The van der Waals surface area contributed by atoms with Crippen molar-refractivity contribution in [2.75, 3.05) is 0 Å². The van der Waals surface area contributed by atoms with Gasteiger partial charge in [0.1, 0.15) is 5.78 Å². The third kappa shape index (κ3) is 1.77. The highest BCUT2D eigenvalue weighted by atomic mass is 16.1. The van der Waals surface area contributed by atoms with Gasteiger partial charge in [0.25, 0.3) is 0 Å². The van der Waals surface area contributed by atoms with Crippen molar-refractivity contribution in [1.29, 1.82) is 0 Å². The van der Waals surface area contributed by atoms with Gasteiger partial charge in [-0.2, -0.15) is 0 Å². The van der Waals surface area contributed by atoms with Gasteiger partial charge < -0.3 is 0 Å². The summed E-state index contributed by atoms with van der Waals surface area (Å²) < 4.78 is 1.99. The van der Waals surface area contributed by atoms with E-state index in [-0.39, 0.29) is 10.8 Å². The maximum absolute atomic E-state index is 12.2. The van der Waals surface area contributed by atoms with Crippen molar-refractivity contribution in [3.8, 4) is 0 Å². The Morgan fingerprint density at radius 2 is 2.08 bits per heavy atom. The standard InChI is InChI=1S/C20H27N3O/c1-19-8-7-17-15(4-3-13-11-14(24)12-20(13,17)2)16(19)5-6-18(19)23-10-9-21-22-23/h6,9-10,13,15-17H,3-5,7-8,11-12H2,1-2H3. The van der Waals surface area contributed by atoms with Crippen molar-refractivity contribution in [1.82, 2.24) is 15.0 Å². The van der Waals surface area contributed by atoms with Crippen molar-refractivity contribution in [3.63, 3.8) is 0 Å². The first-order valence-electron chi connectivity index (χ1n) is 9.61. The van der Waals surface area contributed by atoms with Crippen LogP contribution in [0, 0.1) is 34.5 Å². The Hall–Kier alpha value is -1.45. The Kier molecular flexibility index (Phi) is 2.97. The van der Waals surface area contributed by atoms with E-state index in [1.807, 2.05) is 10.9 Å². The zero-order chi connectivity index (χ0) is 16.5. The molecule has 24 heavy (non-hydrogen) atoms. The number of ketones is 1. The van der Waals surface area contributed by atoms with Crippen LogP contribution in [0.2, 0.25) is 0 Å². The summed E-state index contributed by atoms with van der Waals surface area (Å²) in [6.45, 7) is 4.88. The molecule has 6 unspecified atom stereocenters. The topological polar surface area (TPSA) is 47.8 Å². The fraction of sp³-hybridized carbons (Fsp3) is 0.750. The molecular weight excluding hydrogens is 298 g/mol. The van der Waals surface area contributed by atoms with Gasteiger partial charge in [-0.25, -0.2) is 4.68 Å². The van der Waals surface area contributed by atoms with Crippen LogP contribution in [0.4, 0.5) is 0 Å². The smallest absolute Gasteiger partial charge is 0.133 e. The van der Waals surface area contributed by atoms with E-state index in [0.29, 0.717) is 17.6 Å². The van der Waals surface area contributed by atoms with E-state index in [4.69, 9.17) is 0 Å². The molecule has 6 atom stereocenters. The van der Waals surface area contributed by atoms with Crippen LogP contribution in [0.15, 0.2) is 18.5 Å². The number of fused-ring (bicyclic) bond motifs is 5. The Morgan fingerprint density at radius 3 is 2.88 bits per heavy atom. The maximum atomic E-state index is 12.2. The molecule has 0 radical (unpaired) electrons. The highest BCUT2D eigenvalue weighted by molar-refractivity contribution is 5.82. The van der Waals surface area contributed by atoms with Crippen LogP contribution in [0.25, 0.3) is 5.70 Å². The van der Waals surface area contributed by atoms with Crippen molar-refractivity contribution < 1.29 is 4.79 Å². The number of aromatic nitrogens is 3. The fourth-order valence-corrected chi connectivity index (χ4v) is 7.15. The maximum Gasteiger partial charge on any atom is 0.133 e. The van der Waals surface area contributed by atoms with Crippen LogP contribution in [0.3, 0.4) is 0 Å². The molecule has 0 spiro atoms. The lowest BCUT2D eigenvalue weighted by molar-refractivity contribution is -0.118. The zero-order valence-corrected chi connectivity index (χ0v) is 14.7. The molecule has 4 aliphatic carbocycles. The number of hydrogen-bond acceptors (Lipinski definition) is 3. The molecule has 0 bridgehead atoms. The van der Waals surface area contributed by atoms with E-state index < -0.39 is 0 Å². The molecule has 3 saturated carbocycles. The molecule has 0 amide bonds. The van der Waals surface area contributed by atoms with E-state index in [0.717, 1.165) is 24.7 Å². The fourth-order valence-electron chi connectivity index (χ4n) is 7.15. The minimum Gasteiger partial charge on any atom is -0.300 e. The Balaban J connectivity index is 1.48. The lowest BCUT2D eigenvalue weighted by Gasteiger charge is -2.56. The Bertz CT molecular complexity index is 708. The predicted octanol–water partition coefficient (Wildman–Crippen LogP) is 3.95. The molecule has 0 N–H and O–H groups in total. The summed E-state index contributed by atoms with van der Waals surface area (Å²) in [6.07, 6.45) is 14.1. The number of carbonyl (C=O) groups excluding carboxylic acids is 1. The van der Waals surface area contributed by atoms with Crippen LogP contribution in [0.5, 0.6) is 0 Å². The van der Waals surface area contributed by atoms with E-state index in [1.54, 1.807) is 6.20 Å². The Morgan fingerprint density at radius 1 is 1.21 bits per heavy atom. The molecule has 3 fully saturated rings. The van der Waals surface area contributed by atoms with Crippen molar-refractivity contribution in [3.05, 3.63) is 18.5 Å². The average Bonchev–Trinajstić information content (AvgIpc) is 3.22. The molecule has 1 heterocycles. The molecule has 0 aliphatic heterocycles. The third-order valence-electron chi connectivity index (χ3n) is 8.33. The second kappa shape index (κ2) is 4.80. The van der Waals surface area contributed by atoms with Gasteiger partial charge in [0.05, 0.1) is 12.4 Å². The minimum atomic E-state index is 0.223. The lowest BCUT2D eigenvalue weighted by Crippen LogP contribution is -2.50. The molecule has 1 aromatic heterocycles. The number of allylic oxidation sites excluding steroid dienone is 2. The van der Waals surface area contributed by atoms with Gasteiger partial charge >= 0.3 is 0 Å². The quantitative estimate of drug-likeness (QED) is 0.785. The summed E-state index contributed by atoms with van der Waals surface area (Å²) in [7, 11) is 0. The number of rotatable bonds is 1. The van der Waals surface area contributed by atoms with Gasteiger partial charge in [0.2, 0.25) is 0 Å². The number of nitrogens with zero attached hydrogens (tertiary/aromatic N) is 3. The van der Waals surface area contributed by atoms with Crippen LogP contribution in [-0.2, 0) is 4.79 Å². The van der Waals surface area contributed by atoms with Crippen molar-refractivity contribution >= 4 is 11.5 Å². The number of Topliss-reactive ketones (excluding diaryl/α,β-unsaturated/α-hetero) is 1. The first kappa shape index (κ1) is 14.9. The van der Waals surface area contributed by atoms with Gasteiger partial charge in [0, 0.05) is 24.0 Å². The number of hydrogen-bond donors (Lipinski definition) is 0. The first-order valence-corrected chi connectivity index (χ1v) is 9.61. The summed E-state index contributed by atoms with van der Waals surface area (Å²) in [4.78, 5) is 12.2. The summed E-state index contributed by atoms with van der Waals surface area (Å²) in [5.74, 6) is 3.39. The van der Waals surface area contributed by atoms with Crippen molar-refractivity contribution in [2.45, 2.75) is 58.8 Å². The SMILES string of the molecule is CC12CCC3C(CCC4CC(=O)CC43C)C1CC=C2n1ccnn1. The second-order valence-electron chi connectivity index (χ2n) is 9.21. The highest BCUT2D eigenvalue weighted by Crippen LogP contribution is 2.67. The highest BCUT2D eigenvalue weighted by Gasteiger charge is 2.60. The number of carbonyl (C=O) groups is 1. The monoisotopic (exact) mass is 325 g/mol. The van der Waals surface area contributed by atoms with E-state index in [1.165, 1.54) is 37.8 Å². The van der Waals surface area contributed by atoms with Crippen LogP contribution in [-0.4, -0.2) is 20.8 Å². The van der Waals surface area contributed by atoms with E-state index >= 15 is 0 Å². The van der Waals surface area contributed by atoms with Gasteiger partial charge in [-0.15, -0.1) is 5.10 Å². The normalized spacial score (nSPS) is 47.1. The minimum absolute atomic E-state index is 0.223. The third-order valence-corrected chi connectivity index (χ3v) is 8.33. The first-order chi connectivity index (χ1) is 11.5. The second-order valence-corrected chi connectivity index (χ2v) is 9.21. The van der Waals surface area contributed by atoms with Crippen molar-refractivity contribution in [2.24, 2.45) is 34.5 Å². The molecule has 0 saturated heterocycles. The van der Waals surface area contributed by atoms with Gasteiger partial charge in [-0.3, -0.25) is 4.79 Å². The van der Waals surface area contributed by atoms with E-state index in [9.17, 15) is 4.79 Å². The molecular formula is C20H27N3O. The average molecular weight is 325 g/mol. The molecule has 4 aliphatic rings. The predicted molar refractivity (Wildman–Crippen MR) is 91.8 cm³/mol. The van der Waals surface area contributed by atoms with E-state index in [2.05, 4.69) is 30.2 Å². The molecule has 5 rings (SSSR count). The van der Waals surface area contributed by atoms with Crippen LogP contribution < -0.4 is 0 Å². The van der Waals surface area contributed by atoms with Gasteiger partial charge in [-0.1, -0.05) is 25.1 Å². The van der Waals surface area contributed by atoms with Gasteiger partial charge in [-0.05, 0) is 61.2 Å². The molecule has 0 aromatic carbocycles.